The van der Waals surface area contributed by atoms with Crippen molar-refractivity contribution in [3.05, 3.63) is 59.7 Å². The van der Waals surface area contributed by atoms with Gasteiger partial charge in [-0.05, 0) is 34.7 Å². The largest absolute Gasteiger partial charge is 0.355 e. The number of anilines is 2. The highest BCUT2D eigenvalue weighted by atomic mass is 16.5. The highest BCUT2D eigenvalue weighted by Gasteiger charge is 2.26. The van der Waals surface area contributed by atoms with Gasteiger partial charge in [0, 0.05) is 16.8 Å². The summed E-state index contributed by atoms with van der Waals surface area (Å²) in [6.07, 6.45) is 0. The Labute approximate surface area is 156 Å². The highest BCUT2D eigenvalue weighted by Crippen LogP contribution is 2.31. The number of nitrogens with zero attached hydrogens (tertiary/aromatic N) is 1. The van der Waals surface area contributed by atoms with E-state index in [2.05, 4.69) is 44.3 Å². The predicted molar refractivity (Wildman–Crippen MR) is 107 cm³/mol. The Morgan fingerprint density at radius 1 is 0.962 bits per heavy atom. The number of carbonyl (C=O) groups is 1. The van der Waals surface area contributed by atoms with E-state index < -0.39 is 5.41 Å². The third-order valence-corrected chi connectivity index (χ3v) is 4.18. The summed E-state index contributed by atoms with van der Waals surface area (Å²) >= 11 is 0. The Morgan fingerprint density at radius 3 is 2.08 bits per heavy atom. The summed E-state index contributed by atoms with van der Waals surface area (Å²) in [5, 5.41) is 14.3. The average molecular weight is 354 g/mol. The third kappa shape index (κ3) is 5.09. The maximum atomic E-state index is 12.1. The van der Waals surface area contributed by atoms with Gasteiger partial charge in [0.25, 0.3) is 5.91 Å². The van der Waals surface area contributed by atoms with E-state index in [9.17, 15) is 10.0 Å². The molecule has 26 heavy (non-hydrogen) atoms. The molecule has 0 saturated carbocycles. The SMILES string of the molecule is CC(C)(C)C(=O)N(O)Cc1ccc(Nc2ccccc2C(C)(C)C)cc1. The van der Waals surface area contributed by atoms with Crippen molar-refractivity contribution in [1.82, 2.24) is 5.06 Å². The Balaban J connectivity index is 2.11. The van der Waals surface area contributed by atoms with Crippen LogP contribution in [0.5, 0.6) is 0 Å². The van der Waals surface area contributed by atoms with Crippen molar-refractivity contribution in [3.8, 4) is 0 Å². The molecule has 0 aromatic heterocycles. The van der Waals surface area contributed by atoms with E-state index in [-0.39, 0.29) is 17.9 Å². The Hall–Kier alpha value is -2.33. The van der Waals surface area contributed by atoms with E-state index in [0.29, 0.717) is 0 Å². The molecule has 0 bridgehead atoms. The van der Waals surface area contributed by atoms with E-state index >= 15 is 0 Å². The fraction of sp³-hybridized carbons (Fsp3) is 0.409. The summed E-state index contributed by atoms with van der Waals surface area (Å²) in [6, 6.07) is 16.0. The van der Waals surface area contributed by atoms with Gasteiger partial charge in [-0.25, -0.2) is 5.06 Å². The van der Waals surface area contributed by atoms with Gasteiger partial charge in [0.15, 0.2) is 0 Å². The summed E-state index contributed by atoms with van der Waals surface area (Å²) in [5.74, 6) is -0.293. The topological polar surface area (TPSA) is 52.6 Å². The van der Waals surface area contributed by atoms with E-state index in [0.717, 1.165) is 22.0 Å². The third-order valence-electron chi connectivity index (χ3n) is 4.18. The lowest BCUT2D eigenvalue weighted by molar-refractivity contribution is -0.177. The zero-order chi connectivity index (χ0) is 19.5. The van der Waals surface area contributed by atoms with E-state index in [1.54, 1.807) is 20.8 Å². The molecule has 0 fully saturated rings. The van der Waals surface area contributed by atoms with Crippen LogP contribution in [0.1, 0.15) is 52.7 Å². The van der Waals surface area contributed by atoms with Gasteiger partial charge in [0.05, 0.1) is 6.54 Å². The lowest BCUT2D eigenvalue weighted by Gasteiger charge is -2.24. The van der Waals surface area contributed by atoms with Crippen LogP contribution in [0.2, 0.25) is 0 Å². The molecule has 2 N–H and O–H groups in total. The monoisotopic (exact) mass is 354 g/mol. The highest BCUT2D eigenvalue weighted by molar-refractivity contribution is 5.80. The lowest BCUT2D eigenvalue weighted by atomic mass is 9.86. The first-order valence-electron chi connectivity index (χ1n) is 8.95. The summed E-state index contributed by atoms with van der Waals surface area (Å²) in [4.78, 5) is 12.1. The first kappa shape index (κ1) is 20.0. The quantitative estimate of drug-likeness (QED) is 0.564. The minimum absolute atomic E-state index is 0.0498. The second-order valence-electron chi connectivity index (χ2n) is 8.73. The maximum absolute atomic E-state index is 12.1. The molecule has 1 amide bonds. The van der Waals surface area contributed by atoms with Gasteiger partial charge < -0.3 is 5.32 Å². The number of hydroxylamine groups is 2. The molecule has 0 aliphatic carbocycles. The summed E-state index contributed by atoms with van der Waals surface area (Å²) in [7, 11) is 0. The number of carbonyl (C=O) groups excluding carboxylic acids is 1. The lowest BCUT2D eigenvalue weighted by Crippen LogP contribution is -2.36. The minimum atomic E-state index is -0.604. The second kappa shape index (κ2) is 7.50. The maximum Gasteiger partial charge on any atom is 0.251 e. The van der Waals surface area contributed by atoms with E-state index in [1.807, 2.05) is 30.3 Å². The zero-order valence-electron chi connectivity index (χ0n) is 16.6. The number of para-hydroxylation sites is 1. The van der Waals surface area contributed by atoms with Crippen molar-refractivity contribution in [2.45, 2.75) is 53.5 Å². The van der Waals surface area contributed by atoms with Crippen LogP contribution < -0.4 is 5.32 Å². The van der Waals surface area contributed by atoms with Gasteiger partial charge in [0.2, 0.25) is 0 Å². The number of hydrogen-bond acceptors (Lipinski definition) is 3. The Morgan fingerprint density at radius 2 is 1.54 bits per heavy atom. The number of amides is 1. The van der Waals surface area contributed by atoms with Gasteiger partial charge in [0.1, 0.15) is 0 Å². The first-order chi connectivity index (χ1) is 12.0. The van der Waals surface area contributed by atoms with Crippen molar-refractivity contribution in [2.75, 3.05) is 5.32 Å². The number of hydrogen-bond donors (Lipinski definition) is 2. The molecule has 4 nitrogen and oxygen atoms in total. The van der Waals surface area contributed by atoms with Crippen LogP contribution >= 0.6 is 0 Å². The molecule has 0 radical (unpaired) electrons. The van der Waals surface area contributed by atoms with Gasteiger partial charge in [-0.1, -0.05) is 71.9 Å². The summed E-state index contributed by atoms with van der Waals surface area (Å²) in [6.45, 7) is 12.1. The number of rotatable bonds is 4. The molecule has 0 spiro atoms. The minimum Gasteiger partial charge on any atom is -0.355 e. The van der Waals surface area contributed by atoms with Crippen LogP contribution in [-0.2, 0) is 16.8 Å². The van der Waals surface area contributed by atoms with Gasteiger partial charge in [-0.15, -0.1) is 0 Å². The Bertz CT molecular complexity index is 753. The van der Waals surface area contributed by atoms with Crippen molar-refractivity contribution < 1.29 is 10.0 Å². The fourth-order valence-corrected chi connectivity index (χ4v) is 2.73. The standard InChI is InChI=1S/C22H30N2O2/c1-21(2,3)18-9-7-8-10-19(18)23-17-13-11-16(12-14-17)15-24(26)20(25)22(4,5)6/h7-14,23,26H,15H2,1-6H3. The molecular formula is C22H30N2O2. The van der Waals surface area contributed by atoms with Crippen molar-refractivity contribution in [3.63, 3.8) is 0 Å². The van der Waals surface area contributed by atoms with Crippen LogP contribution in [0.25, 0.3) is 0 Å². The average Bonchev–Trinajstić information content (AvgIpc) is 2.54. The fourth-order valence-electron chi connectivity index (χ4n) is 2.73. The van der Waals surface area contributed by atoms with Crippen LogP contribution in [0.4, 0.5) is 11.4 Å². The molecule has 4 heteroatoms. The van der Waals surface area contributed by atoms with Crippen molar-refractivity contribution in [1.29, 1.82) is 0 Å². The van der Waals surface area contributed by atoms with Crippen LogP contribution in [-0.4, -0.2) is 16.2 Å². The second-order valence-corrected chi connectivity index (χ2v) is 8.73. The molecule has 2 rings (SSSR count). The smallest absolute Gasteiger partial charge is 0.251 e. The molecule has 0 atom stereocenters. The number of benzene rings is 2. The predicted octanol–water partition coefficient (Wildman–Crippen LogP) is 5.49. The van der Waals surface area contributed by atoms with Crippen LogP contribution in [0.3, 0.4) is 0 Å². The molecule has 0 aliphatic rings. The summed E-state index contributed by atoms with van der Waals surface area (Å²) in [5.41, 5.74) is 3.62. The van der Waals surface area contributed by atoms with E-state index in [1.165, 1.54) is 5.56 Å². The molecule has 0 saturated heterocycles. The molecule has 140 valence electrons. The van der Waals surface area contributed by atoms with Crippen LogP contribution in [0.15, 0.2) is 48.5 Å². The molecule has 0 heterocycles. The molecule has 2 aromatic carbocycles. The normalized spacial score (nSPS) is 12.0. The van der Waals surface area contributed by atoms with Gasteiger partial charge in [-0.3, -0.25) is 10.0 Å². The van der Waals surface area contributed by atoms with E-state index in [4.69, 9.17) is 0 Å². The molecule has 0 unspecified atom stereocenters. The zero-order valence-corrected chi connectivity index (χ0v) is 16.6. The Kier molecular flexibility index (Phi) is 5.77. The molecular weight excluding hydrogens is 324 g/mol. The van der Waals surface area contributed by atoms with Crippen molar-refractivity contribution in [2.24, 2.45) is 5.41 Å². The number of nitrogens with one attached hydrogen (secondary N) is 1. The first-order valence-corrected chi connectivity index (χ1v) is 8.95. The van der Waals surface area contributed by atoms with Crippen molar-refractivity contribution >= 4 is 17.3 Å². The summed E-state index contributed by atoms with van der Waals surface area (Å²) < 4.78 is 0. The van der Waals surface area contributed by atoms with Crippen LogP contribution in [0, 0.1) is 5.41 Å². The van der Waals surface area contributed by atoms with Gasteiger partial charge >= 0.3 is 0 Å². The molecule has 0 aliphatic heterocycles. The van der Waals surface area contributed by atoms with Gasteiger partial charge in [-0.2, -0.15) is 0 Å². The molecule has 2 aromatic rings.